The molecule has 4 heterocycles. The Kier molecular flexibility index (Phi) is 5.30. The Balaban J connectivity index is 1.51. The zero-order valence-corrected chi connectivity index (χ0v) is 18.7. The Labute approximate surface area is 190 Å². The van der Waals surface area contributed by atoms with Crippen molar-refractivity contribution in [3.63, 3.8) is 0 Å². The molecule has 1 aromatic carbocycles. The van der Waals surface area contributed by atoms with Crippen molar-refractivity contribution in [2.24, 2.45) is 0 Å². The lowest BCUT2D eigenvalue weighted by Gasteiger charge is -2.35. The van der Waals surface area contributed by atoms with E-state index in [9.17, 15) is 4.79 Å². The number of carbonyl (C=O) groups is 1. The molecule has 0 radical (unpaired) electrons. The van der Waals surface area contributed by atoms with Crippen molar-refractivity contribution in [1.29, 1.82) is 0 Å². The number of hydrogen-bond donors (Lipinski definition) is 0. The van der Waals surface area contributed by atoms with Gasteiger partial charge < -0.3 is 14.2 Å². The average molecular weight is 451 g/mol. The molecule has 1 fully saturated rings. The summed E-state index contributed by atoms with van der Waals surface area (Å²) < 4.78 is 7.07. The van der Waals surface area contributed by atoms with Crippen LogP contribution in [-0.2, 0) is 6.42 Å². The van der Waals surface area contributed by atoms with Gasteiger partial charge in [-0.25, -0.2) is 14.6 Å². The van der Waals surface area contributed by atoms with E-state index in [1.807, 2.05) is 43.0 Å². The Hall–Kier alpha value is -3.39. The quantitative estimate of drug-likeness (QED) is 0.469. The number of aromatic nitrogens is 4. The number of aryl methyl sites for hydroxylation is 2. The van der Waals surface area contributed by atoms with Gasteiger partial charge in [0.15, 0.2) is 11.4 Å². The third kappa shape index (κ3) is 3.50. The number of fused-ring (bicyclic) bond motifs is 1. The number of para-hydroxylation sites is 1. The third-order valence-corrected chi connectivity index (χ3v) is 6.04. The number of nitrogens with zero attached hydrogens (tertiary/aromatic N) is 6. The summed E-state index contributed by atoms with van der Waals surface area (Å²) in [6.07, 6.45) is 2.22. The van der Waals surface area contributed by atoms with Crippen LogP contribution in [0.2, 0.25) is 5.02 Å². The first-order chi connectivity index (χ1) is 15.6. The number of benzene rings is 1. The summed E-state index contributed by atoms with van der Waals surface area (Å²) in [5.41, 5.74) is 2.37. The second-order valence-corrected chi connectivity index (χ2v) is 8.13. The number of hydrogen-bond acceptors (Lipinski definition) is 6. The summed E-state index contributed by atoms with van der Waals surface area (Å²) >= 11 is 6.46. The molecule has 0 bridgehead atoms. The Bertz CT molecular complexity index is 1280. The fourth-order valence-electron chi connectivity index (χ4n) is 4.06. The minimum atomic E-state index is -0.0838. The highest BCUT2D eigenvalue weighted by molar-refractivity contribution is 6.32. The Morgan fingerprint density at radius 1 is 1.09 bits per heavy atom. The molecule has 3 aromatic heterocycles. The van der Waals surface area contributed by atoms with E-state index in [2.05, 4.69) is 4.90 Å². The first-order valence-corrected chi connectivity index (χ1v) is 11.0. The number of anilines is 1. The molecule has 5 rings (SSSR count). The summed E-state index contributed by atoms with van der Waals surface area (Å²) in [6.45, 7) is 6.50. The predicted molar refractivity (Wildman–Crippen MR) is 123 cm³/mol. The molecule has 9 heteroatoms. The van der Waals surface area contributed by atoms with E-state index in [1.54, 1.807) is 16.8 Å². The van der Waals surface area contributed by atoms with Gasteiger partial charge in [0.2, 0.25) is 0 Å². The van der Waals surface area contributed by atoms with Crippen LogP contribution in [0.3, 0.4) is 0 Å². The molecular weight excluding hydrogens is 428 g/mol. The lowest BCUT2D eigenvalue weighted by Crippen LogP contribution is -2.49. The molecule has 1 aliphatic rings. The van der Waals surface area contributed by atoms with E-state index in [0.29, 0.717) is 43.4 Å². The molecule has 1 amide bonds. The van der Waals surface area contributed by atoms with Crippen molar-refractivity contribution >= 4 is 34.4 Å². The molecule has 0 saturated carbocycles. The molecule has 32 heavy (non-hydrogen) atoms. The van der Waals surface area contributed by atoms with E-state index in [4.69, 9.17) is 31.1 Å². The molecule has 0 N–H and O–H groups in total. The lowest BCUT2D eigenvalue weighted by atomic mass is 10.2. The first kappa shape index (κ1) is 20.5. The average Bonchev–Trinajstić information content (AvgIpc) is 3.47. The van der Waals surface area contributed by atoms with Crippen LogP contribution in [-0.4, -0.2) is 56.7 Å². The molecule has 0 atom stereocenters. The molecule has 1 saturated heterocycles. The molecule has 1 aliphatic heterocycles. The SMILES string of the molecule is CCc1nc(N2CCN(C(=O)c3ccco3)CC2)c2c(C)nn(-c3ccccc3Cl)c2n1. The fraction of sp³-hybridized carbons (Fsp3) is 0.304. The molecular formula is C23H23ClN6O2. The maximum Gasteiger partial charge on any atom is 0.289 e. The van der Waals surface area contributed by atoms with Gasteiger partial charge in [-0.15, -0.1) is 0 Å². The number of piperazine rings is 1. The zero-order chi connectivity index (χ0) is 22.2. The van der Waals surface area contributed by atoms with Crippen LogP contribution in [0.5, 0.6) is 0 Å². The minimum Gasteiger partial charge on any atom is -0.459 e. The molecule has 0 spiro atoms. The van der Waals surface area contributed by atoms with E-state index >= 15 is 0 Å². The van der Waals surface area contributed by atoms with Gasteiger partial charge in [0.1, 0.15) is 11.6 Å². The number of rotatable bonds is 4. The smallest absolute Gasteiger partial charge is 0.289 e. The van der Waals surface area contributed by atoms with Crippen LogP contribution in [0.15, 0.2) is 47.1 Å². The molecule has 0 unspecified atom stereocenters. The van der Waals surface area contributed by atoms with Crippen molar-refractivity contribution in [3.8, 4) is 5.69 Å². The summed E-state index contributed by atoms with van der Waals surface area (Å²) in [7, 11) is 0. The fourth-order valence-corrected chi connectivity index (χ4v) is 4.28. The maximum absolute atomic E-state index is 12.6. The maximum atomic E-state index is 12.6. The van der Waals surface area contributed by atoms with Gasteiger partial charge in [-0.1, -0.05) is 30.7 Å². The van der Waals surface area contributed by atoms with Crippen LogP contribution in [0.25, 0.3) is 16.7 Å². The highest BCUT2D eigenvalue weighted by Crippen LogP contribution is 2.31. The Morgan fingerprint density at radius 2 is 1.88 bits per heavy atom. The highest BCUT2D eigenvalue weighted by atomic mass is 35.5. The van der Waals surface area contributed by atoms with Gasteiger partial charge in [0.05, 0.1) is 28.1 Å². The topological polar surface area (TPSA) is 80.3 Å². The minimum absolute atomic E-state index is 0.0838. The predicted octanol–water partition coefficient (Wildman–Crippen LogP) is 3.90. The van der Waals surface area contributed by atoms with Crippen LogP contribution < -0.4 is 4.90 Å². The van der Waals surface area contributed by atoms with Crippen LogP contribution in [0.1, 0.15) is 29.0 Å². The zero-order valence-electron chi connectivity index (χ0n) is 18.0. The van der Waals surface area contributed by atoms with Crippen molar-refractivity contribution in [2.75, 3.05) is 31.1 Å². The normalized spacial score (nSPS) is 14.3. The molecule has 4 aromatic rings. The van der Waals surface area contributed by atoms with Crippen molar-refractivity contribution < 1.29 is 9.21 Å². The number of halogens is 1. The van der Waals surface area contributed by atoms with Gasteiger partial charge in [0, 0.05) is 32.6 Å². The second kappa shape index (κ2) is 8.27. The van der Waals surface area contributed by atoms with Gasteiger partial charge in [-0.2, -0.15) is 5.10 Å². The monoisotopic (exact) mass is 450 g/mol. The van der Waals surface area contributed by atoms with E-state index in [1.165, 1.54) is 6.26 Å². The standard InChI is InChI=1S/C23H23ClN6O2/c1-3-19-25-21(28-10-12-29(13-11-28)23(31)18-9-6-14-32-18)20-15(2)27-30(22(20)26-19)17-8-5-4-7-16(17)24/h4-9,14H,3,10-13H2,1-2H3. The van der Waals surface area contributed by atoms with Gasteiger partial charge in [0.25, 0.3) is 5.91 Å². The summed E-state index contributed by atoms with van der Waals surface area (Å²) in [6, 6.07) is 11.0. The number of amides is 1. The number of furan rings is 1. The number of carbonyl (C=O) groups excluding carboxylic acids is 1. The third-order valence-electron chi connectivity index (χ3n) is 5.72. The van der Waals surface area contributed by atoms with Crippen LogP contribution >= 0.6 is 11.6 Å². The van der Waals surface area contributed by atoms with E-state index in [-0.39, 0.29) is 5.91 Å². The largest absolute Gasteiger partial charge is 0.459 e. The van der Waals surface area contributed by atoms with Crippen LogP contribution in [0, 0.1) is 6.92 Å². The van der Waals surface area contributed by atoms with Gasteiger partial charge in [-0.05, 0) is 31.2 Å². The summed E-state index contributed by atoms with van der Waals surface area (Å²) in [5.74, 6) is 1.88. The summed E-state index contributed by atoms with van der Waals surface area (Å²) in [5, 5.41) is 6.28. The van der Waals surface area contributed by atoms with Gasteiger partial charge in [-0.3, -0.25) is 4.79 Å². The second-order valence-electron chi connectivity index (χ2n) is 7.72. The molecule has 0 aliphatic carbocycles. The van der Waals surface area contributed by atoms with Crippen molar-refractivity contribution in [3.05, 3.63) is 65.0 Å². The molecule has 8 nitrogen and oxygen atoms in total. The summed E-state index contributed by atoms with van der Waals surface area (Å²) in [4.78, 5) is 26.3. The van der Waals surface area contributed by atoms with E-state index < -0.39 is 0 Å². The van der Waals surface area contributed by atoms with Crippen molar-refractivity contribution in [1.82, 2.24) is 24.6 Å². The first-order valence-electron chi connectivity index (χ1n) is 10.7. The van der Waals surface area contributed by atoms with Crippen molar-refractivity contribution in [2.45, 2.75) is 20.3 Å². The highest BCUT2D eigenvalue weighted by Gasteiger charge is 2.27. The lowest BCUT2D eigenvalue weighted by molar-refractivity contribution is 0.0714. The molecule has 164 valence electrons. The Morgan fingerprint density at radius 3 is 2.56 bits per heavy atom. The van der Waals surface area contributed by atoms with Crippen LogP contribution in [0.4, 0.5) is 5.82 Å². The van der Waals surface area contributed by atoms with E-state index in [0.717, 1.165) is 34.1 Å². The van der Waals surface area contributed by atoms with Gasteiger partial charge >= 0.3 is 0 Å².